The molecule has 1 heterocycles. The molecule has 1 aliphatic rings. The third-order valence-corrected chi connectivity index (χ3v) is 4.16. The normalized spacial score (nSPS) is 15.8. The number of rotatable bonds is 5. The summed E-state index contributed by atoms with van der Waals surface area (Å²) < 4.78 is 4.98. The Balaban J connectivity index is 1.92. The first-order chi connectivity index (χ1) is 12.5. The summed E-state index contributed by atoms with van der Waals surface area (Å²) in [6.45, 7) is 6.08. The van der Waals surface area contributed by atoms with Gasteiger partial charge in [-0.05, 0) is 19.4 Å². The summed E-state index contributed by atoms with van der Waals surface area (Å²) in [4.78, 5) is 27.6. The van der Waals surface area contributed by atoms with Gasteiger partial charge in [0.15, 0.2) is 0 Å². The maximum Gasteiger partial charge on any atom is 0.409 e. The van der Waals surface area contributed by atoms with Gasteiger partial charge in [-0.2, -0.15) is 5.26 Å². The van der Waals surface area contributed by atoms with E-state index in [9.17, 15) is 14.9 Å². The van der Waals surface area contributed by atoms with E-state index in [1.165, 1.54) is 0 Å². The lowest BCUT2D eigenvalue weighted by Gasteiger charge is -2.33. The average Bonchev–Trinajstić information content (AvgIpc) is 2.67. The number of benzene rings is 1. The summed E-state index contributed by atoms with van der Waals surface area (Å²) in [7, 11) is 0. The molecule has 1 fully saturated rings. The van der Waals surface area contributed by atoms with Gasteiger partial charge < -0.3 is 19.9 Å². The number of nitriles is 1. The molecule has 0 aliphatic carbocycles. The van der Waals surface area contributed by atoms with Gasteiger partial charge >= 0.3 is 6.09 Å². The van der Waals surface area contributed by atoms with E-state index in [0.717, 1.165) is 5.56 Å². The summed E-state index contributed by atoms with van der Waals surface area (Å²) >= 11 is 0. The predicted octanol–water partition coefficient (Wildman–Crippen LogP) is 2.05. The average molecular weight is 356 g/mol. The minimum atomic E-state index is -0.406. The highest BCUT2D eigenvalue weighted by molar-refractivity contribution is 5.97. The fourth-order valence-corrected chi connectivity index (χ4v) is 2.67. The van der Waals surface area contributed by atoms with Crippen molar-refractivity contribution in [1.29, 1.82) is 5.26 Å². The van der Waals surface area contributed by atoms with Crippen LogP contribution < -0.4 is 5.32 Å². The molecule has 1 atom stereocenters. The van der Waals surface area contributed by atoms with Crippen LogP contribution >= 0.6 is 0 Å². The van der Waals surface area contributed by atoms with Gasteiger partial charge in [0.25, 0.3) is 5.91 Å². The van der Waals surface area contributed by atoms with Crippen LogP contribution in [0.5, 0.6) is 0 Å². The molecule has 1 unspecified atom stereocenters. The molecule has 0 saturated carbocycles. The molecule has 26 heavy (non-hydrogen) atoms. The Morgan fingerprint density at radius 3 is 2.50 bits per heavy atom. The van der Waals surface area contributed by atoms with Gasteiger partial charge in [-0.25, -0.2) is 4.79 Å². The Bertz CT molecular complexity index is 688. The smallest absolute Gasteiger partial charge is 0.409 e. The maximum atomic E-state index is 12.4. The Morgan fingerprint density at radius 1 is 1.27 bits per heavy atom. The summed E-state index contributed by atoms with van der Waals surface area (Å²) in [6, 6.07) is 11.3. The number of hydrogen-bond donors (Lipinski definition) is 1. The van der Waals surface area contributed by atoms with Crippen LogP contribution in [0.2, 0.25) is 0 Å². The second kappa shape index (κ2) is 9.47. The first-order valence-corrected chi connectivity index (χ1v) is 8.68. The van der Waals surface area contributed by atoms with E-state index in [1.807, 2.05) is 48.2 Å². The fourth-order valence-electron chi connectivity index (χ4n) is 2.67. The summed E-state index contributed by atoms with van der Waals surface area (Å²) in [5, 5.41) is 12.2. The molecular formula is C19H24N4O3. The predicted molar refractivity (Wildman–Crippen MR) is 96.9 cm³/mol. The van der Waals surface area contributed by atoms with Crippen molar-refractivity contribution in [2.75, 3.05) is 32.8 Å². The number of amides is 2. The second-order valence-electron chi connectivity index (χ2n) is 5.98. The van der Waals surface area contributed by atoms with E-state index in [4.69, 9.17) is 4.74 Å². The molecule has 0 aromatic heterocycles. The van der Waals surface area contributed by atoms with E-state index in [-0.39, 0.29) is 17.7 Å². The summed E-state index contributed by atoms with van der Waals surface area (Å²) in [6.07, 6.45) is 1.24. The largest absolute Gasteiger partial charge is 0.450 e. The Hall–Kier alpha value is -3.01. The lowest BCUT2D eigenvalue weighted by Crippen LogP contribution is -2.47. The molecule has 0 radical (unpaired) electrons. The van der Waals surface area contributed by atoms with Gasteiger partial charge in [0.2, 0.25) is 0 Å². The zero-order chi connectivity index (χ0) is 18.9. The molecule has 138 valence electrons. The molecule has 1 aromatic rings. The lowest BCUT2D eigenvalue weighted by atomic mass is 10.1. The van der Waals surface area contributed by atoms with Crippen LogP contribution in [0.3, 0.4) is 0 Å². The molecule has 1 aromatic carbocycles. The van der Waals surface area contributed by atoms with Crippen molar-refractivity contribution in [3.05, 3.63) is 47.7 Å². The Morgan fingerprint density at radius 2 is 1.92 bits per heavy atom. The molecule has 2 amide bonds. The van der Waals surface area contributed by atoms with Crippen molar-refractivity contribution in [2.45, 2.75) is 19.9 Å². The van der Waals surface area contributed by atoms with Crippen LogP contribution in [-0.2, 0) is 9.53 Å². The van der Waals surface area contributed by atoms with Crippen molar-refractivity contribution >= 4 is 12.0 Å². The number of nitrogens with one attached hydrogen (secondary N) is 1. The molecule has 1 saturated heterocycles. The summed E-state index contributed by atoms with van der Waals surface area (Å²) in [5.74, 6) is -0.406. The summed E-state index contributed by atoms with van der Waals surface area (Å²) in [5.41, 5.74) is 1.03. The van der Waals surface area contributed by atoms with Crippen molar-refractivity contribution in [2.24, 2.45) is 0 Å². The van der Waals surface area contributed by atoms with Crippen LogP contribution in [0.25, 0.3) is 0 Å². The number of nitrogens with zero attached hydrogens (tertiary/aromatic N) is 3. The highest BCUT2D eigenvalue weighted by Gasteiger charge is 2.22. The van der Waals surface area contributed by atoms with Gasteiger partial charge in [0.05, 0.1) is 12.6 Å². The zero-order valence-electron chi connectivity index (χ0n) is 15.1. The Labute approximate surface area is 153 Å². The van der Waals surface area contributed by atoms with Crippen LogP contribution in [0, 0.1) is 11.3 Å². The maximum absolute atomic E-state index is 12.4. The van der Waals surface area contributed by atoms with Crippen molar-refractivity contribution in [3.8, 4) is 6.07 Å². The SMILES string of the molecule is CCOC(=O)N1CCN(/C=C(/C#N)C(=O)NC(C)c2ccccc2)CC1. The number of hydrogen-bond acceptors (Lipinski definition) is 5. The minimum Gasteiger partial charge on any atom is -0.450 e. The molecular weight excluding hydrogens is 332 g/mol. The van der Waals surface area contributed by atoms with Crippen molar-refractivity contribution < 1.29 is 14.3 Å². The fraction of sp³-hybridized carbons (Fsp3) is 0.421. The van der Waals surface area contributed by atoms with Crippen LogP contribution in [-0.4, -0.2) is 54.6 Å². The third kappa shape index (κ3) is 5.24. The van der Waals surface area contributed by atoms with Gasteiger partial charge in [-0.1, -0.05) is 30.3 Å². The van der Waals surface area contributed by atoms with Crippen molar-refractivity contribution in [1.82, 2.24) is 15.1 Å². The van der Waals surface area contributed by atoms with Gasteiger partial charge in [0.1, 0.15) is 11.6 Å². The van der Waals surface area contributed by atoms with Crippen LogP contribution in [0.15, 0.2) is 42.1 Å². The quantitative estimate of drug-likeness (QED) is 0.645. The van der Waals surface area contributed by atoms with Gasteiger partial charge in [0, 0.05) is 32.4 Å². The minimum absolute atomic E-state index is 0.0531. The van der Waals surface area contributed by atoms with E-state index in [2.05, 4.69) is 5.32 Å². The monoisotopic (exact) mass is 356 g/mol. The number of carbonyl (C=O) groups is 2. The van der Waals surface area contributed by atoms with E-state index in [0.29, 0.717) is 32.8 Å². The van der Waals surface area contributed by atoms with Crippen LogP contribution in [0.4, 0.5) is 4.79 Å². The van der Waals surface area contributed by atoms with Crippen LogP contribution in [0.1, 0.15) is 25.5 Å². The van der Waals surface area contributed by atoms with E-state index >= 15 is 0 Å². The van der Waals surface area contributed by atoms with E-state index in [1.54, 1.807) is 18.0 Å². The van der Waals surface area contributed by atoms with Crippen molar-refractivity contribution in [3.63, 3.8) is 0 Å². The number of carbonyl (C=O) groups excluding carboxylic acids is 2. The molecule has 7 nitrogen and oxygen atoms in total. The first-order valence-electron chi connectivity index (χ1n) is 8.68. The van der Waals surface area contributed by atoms with Gasteiger partial charge in [-0.3, -0.25) is 4.79 Å². The second-order valence-corrected chi connectivity index (χ2v) is 5.98. The molecule has 0 bridgehead atoms. The first kappa shape index (κ1) is 19.3. The lowest BCUT2D eigenvalue weighted by molar-refractivity contribution is -0.117. The molecule has 1 aliphatic heterocycles. The Kier molecular flexibility index (Phi) is 7.03. The number of ether oxygens (including phenoxy) is 1. The van der Waals surface area contributed by atoms with Gasteiger partial charge in [-0.15, -0.1) is 0 Å². The highest BCUT2D eigenvalue weighted by atomic mass is 16.6. The zero-order valence-corrected chi connectivity index (χ0v) is 15.1. The molecule has 1 N–H and O–H groups in total. The molecule has 7 heteroatoms. The third-order valence-electron chi connectivity index (χ3n) is 4.16. The molecule has 2 rings (SSSR count). The highest BCUT2D eigenvalue weighted by Crippen LogP contribution is 2.12. The standard InChI is InChI=1S/C19H24N4O3/c1-3-26-19(25)23-11-9-22(10-12-23)14-17(13-20)18(24)21-15(2)16-7-5-4-6-8-16/h4-8,14-15H,3,9-12H2,1-2H3,(H,21,24)/b17-14-. The number of piperazine rings is 1. The molecule has 0 spiro atoms. The topological polar surface area (TPSA) is 85.7 Å². The van der Waals surface area contributed by atoms with E-state index < -0.39 is 5.91 Å².